The van der Waals surface area contributed by atoms with E-state index in [9.17, 15) is 22.6 Å². The molecule has 0 saturated carbocycles. The first-order valence-electron chi connectivity index (χ1n) is 6.84. The quantitative estimate of drug-likeness (QED) is 0.337. The van der Waals surface area contributed by atoms with Crippen LogP contribution in [-0.4, -0.2) is 42.1 Å². The van der Waals surface area contributed by atoms with Gasteiger partial charge in [0.05, 0.1) is 12.5 Å². The Morgan fingerprint density at radius 2 is 2.05 bits per heavy atom. The molecule has 1 aliphatic heterocycles. The van der Waals surface area contributed by atoms with Crippen LogP contribution in [0.25, 0.3) is 0 Å². The van der Waals surface area contributed by atoms with Gasteiger partial charge in [0.2, 0.25) is 16.6 Å². The van der Waals surface area contributed by atoms with E-state index in [0.717, 1.165) is 12.8 Å². The molecule has 2 atom stereocenters. The monoisotopic (exact) mass is 306 g/mol. The molecule has 116 valence electrons. The van der Waals surface area contributed by atoms with E-state index in [0.29, 0.717) is 19.4 Å². The summed E-state index contributed by atoms with van der Waals surface area (Å²) in [5.41, 5.74) is 0. The first kappa shape index (κ1) is 16.9. The number of amides is 2. The Morgan fingerprint density at radius 3 is 2.50 bits per heavy atom. The van der Waals surface area contributed by atoms with Crippen molar-refractivity contribution in [1.82, 2.24) is 10.6 Å². The number of β-lactam (4-membered cyclic amide) rings is 1. The summed E-state index contributed by atoms with van der Waals surface area (Å²) in [7, 11) is -4.65. The fourth-order valence-electron chi connectivity index (χ4n) is 2.37. The first-order chi connectivity index (χ1) is 9.29. The van der Waals surface area contributed by atoms with Gasteiger partial charge in [0.25, 0.3) is 10.1 Å². The van der Waals surface area contributed by atoms with Crippen LogP contribution in [0.15, 0.2) is 0 Å². The molecule has 0 radical (unpaired) electrons. The predicted octanol–water partition coefficient (Wildman–Crippen LogP) is 0.218. The Morgan fingerprint density at radius 1 is 1.40 bits per heavy atom. The number of hydrogen-bond donors (Lipinski definition) is 3. The number of carbonyl (C=O) groups is 2. The second kappa shape index (κ2) is 6.53. The predicted molar refractivity (Wildman–Crippen MR) is 73.7 cm³/mol. The van der Waals surface area contributed by atoms with Gasteiger partial charge in [0.15, 0.2) is 0 Å². The summed E-state index contributed by atoms with van der Waals surface area (Å²) in [6, 6.07) is -0.716. The molecule has 0 aromatic rings. The van der Waals surface area contributed by atoms with Crippen molar-refractivity contribution in [3.05, 3.63) is 0 Å². The van der Waals surface area contributed by atoms with E-state index in [-0.39, 0.29) is 0 Å². The topological polar surface area (TPSA) is 113 Å². The van der Waals surface area contributed by atoms with Crippen molar-refractivity contribution in [3.8, 4) is 0 Å². The van der Waals surface area contributed by atoms with Crippen LogP contribution in [0.5, 0.6) is 0 Å². The van der Waals surface area contributed by atoms with Crippen molar-refractivity contribution in [3.63, 3.8) is 0 Å². The van der Waals surface area contributed by atoms with Crippen molar-refractivity contribution in [2.45, 2.75) is 56.7 Å². The first-order valence-corrected chi connectivity index (χ1v) is 8.28. The van der Waals surface area contributed by atoms with Gasteiger partial charge in [-0.2, -0.15) is 8.42 Å². The maximum atomic E-state index is 11.8. The Bertz CT molecular complexity index is 476. The van der Waals surface area contributed by atoms with Gasteiger partial charge in [-0.05, 0) is 12.8 Å². The van der Waals surface area contributed by atoms with Gasteiger partial charge in [-0.1, -0.05) is 26.7 Å². The van der Waals surface area contributed by atoms with Gasteiger partial charge in [-0.25, -0.2) is 0 Å². The molecule has 7 nitrogen and oxygen atoms in total. The third-order valence-corrected chi connectivity index (χ3v) is 5.10. The Balaban J connectivity index is 2.86. The minimum atomic E-state index is -4.65. The molecule has 1 saturated heterocycles. The van der Waals surface area contributed by atoms with Crippen LogP contribution in [0.2, 0.25) is 0 Å². The highest BCUT2D eigenvalue weighted by molar-refractivity contribution is 7.88. The van der Waals surface area contributed by atoms with E-state index in [1.165, 1.54) is 0 Å². The van der Waals surface area contributed by atoms with E-state index in [2.05, 4.69) is 10.6 Å². The Kier molecular flexibility index (Phi) is 5.52. The molecular formula is C12H22N2O5S. The van der Waals surface area contributed by atoms with Gasteiger partial charge < -0.3 is 10.6 Å². The molecule has 1 fully saturated rings. The SMILES string of the molecule is CCCCNC(=O)CC1(S(=O)(=O)O)C(=O)NC1CCC. The molecule has 2 unspecified atom stereocenters. The smallest absolute Gasteiger partial charge is 0.282 e. The summed E-state index contributed by atoms with van der Waals surface area (Å²) >= 11 is 0. The molecule has 0 spiro atoms. The lowest BCUT2D eigenvalue weighted by Gasteiger charge is -2.45. The van der Waals surface area contributed by atoms with Crippen molar-refractivity contribution in [2.24, 2.45) is 0 Å². The van der Waals surface area contributed by atoms with Crippen molar-refractivity contribution in [1.29, 1.82) is 0 Å². The molecular weight excluding hydrogens is 284 g/mol. The summed E-state index contributed by atoms with van der Waals surface area (Å²) in [6.45, 7) is 4.22. The molecule has 1 heterocycles. The molecule has 1 rings (SSSR count). The molecule has 0 aromatic carbocycles. The van der Waals surface area contributed by atoms with Crippen LogP contribution >= 0.6 is 0 Å². The fraction of sp³-hybridized carbons (Fsp3) is 0.833. The fourth-order valence-corrected chi connectivity index (χ4v) is 3.51. The molecule has 0 aliphatic carbocycles. The summed E-state index contributed by atoms with van der Waals surface area (Å²) < 4.78 is 30.6. The maximum Gasteiger partial charge on any atom is 0.282 e. The zero-order valence-corrected chi connectivity index (χ0v) is 12.6. The van der Waals surface area contributed by atoms with Gasteiger partial charge in [-0.15, -0.1) is 0 Å². The molecule has 0 aromatic heterocycles. The zero-order valence-electron chi connectivity index (χ0n) is 11.8. The average Bonchev–Trinajstić information content (AvgIpc) is 2.34. The van der Waals surface area contributed by atoms with E-state index >= 15 is 0 Å². The van der Waals surface area contributed by atoms with Crippen LogP contribution in [0.1, 0.15) is 46.0 Å². The molecule has 0 bridgehead atoms. The van der Waals surface area contributed by atoms with Gasteiger partial charge >= 0.3 is 0 Å². The lowest BCUT2D eigenvalue weighted by atomic mass is 9.83. The third kappa shape index (κ3) is 3.12. The molecule has 8 heteroatoms. The summed E-state index contributed by atoms with van der Waals surface area (Å²) in [5.74, 6) is -1.34. The highest BCUT2D eigenvalue weighted by Crippen LogP contribution is 2.35. The normalized spacial score (nSPS) is 25.8. The average molecular weight is 306 g/mol. The lowest BCUT2D eigenvalue weighted by Crippen LogP contribution is -2.76. The summed E-state index contributed by atoms with van der Waals surface area (Å²) in [5, 5.41) is 5.02. The van der Waals surface area contributed by atoms with Crippen LogP contribution < -0.4 is 10.6 Å². The zero-order chi connectivity index (χ0) is 15.4. The summed E-state index contributed by atoms with van der Waals surface area (Å²) in [6.07, 6.45) is 2.16. The van der Waals surface area contributed by atoms with Gasteiger partial charge in [0.1, 0.15) is 0 Å². The van der Waals surface area contributed by atoms with E-state index < -0.39 is 39.1 Å². The van der Waals surface area contributed by atoms with Crippen molar-refractivity contribution in [2.75, 3.05) is 6.54 Å². The van der Waals surface area contributed by atoms with Gasteiger partial charge in [0, 0.05) is 6.54 Å². The largest absolute Gasteiger partial charge is 0.356 e. The third-order valence-electron chi connectivity index (χ3n) is 3.57. The van der Waals surface area contributed by atoms with E-state index in [1.807, 2.05) is 13.8 Å². The number of rotatable bonds is 8. The number of hydrogen-bond acceptors (Lipinski definition) is 4. The van der Waals surface area contributed by atoms with Crippen LogP contribution in [-0.2, 0) is 19.7 Å². The highest BCUT2D eigenvalue weighted by Gasteiger charge is 2.64. The standard InChI is InChI=1S/C12H22N2O5S/c1-3-5-7-13-10(15)8-12(20(17,18)19)9(6-4-2)14-11(12)16/h9H,3-8H2,1-2H3,(H,13,15)(H,14,16)(H,17,18,19). The maximum absolute atomic E-state index is 11.8. The molecule has 20 heavy (non-hydrogen) atoms. The van der Waals surface area contributed by atoms with Crippen LogP contribution in [0.3, 0.4) is 0 Å². The highest BCUT2D eigenvalue weighted by atomic mass is 32.2. The minimum absolute atomic E-state index is 0.397. The number of carbonyl (C=O) groups excluding carboxylic acids is 2. The lowest BCUT2D eigenvalue weighted by molar-refractivity contribution is -0.137. The van der Waals surface area contributed by atoms with Crippen molar-refractivity contribution >= 4 is 21.9 Å². The van der Waals surface area contributed by atoms with E-state index in [1.54, 1.807) is 0 Å². The molecule has 3 N–H and O–H groups in total. The van der Waals surface area contributed by atoms with E-state index in [4.69, 9.17) is 0 Å². The number of nitrogens with one attached hydrogen (secondary N) is 2. The minimum Gasteiger partial charge on any atom is -0.356 e. The number of unbranched alkanes of at least 4 members (excludes halogenated alkanes) is 1. The van der Waals surface area contributed by atoms with Crippen molar-refractivity contribution < 1.29 is 22.6 Å². The molecule has 2 amide bonds. The summed E-state index contributed by atoms with van der Waals surface area (Å²) in [4.78, 5) is 23.5. The van der Waals surface area contributed by atoms with Gasteiger partial charge in [-0.3, -0.25) is 14.1 Å². The van der Waals surface area contributed by atoms with Crippen LogP contribution in [0, 0.1) is 0 Å². The van der Waals surface area contributed by atoms with Crippen LogP contribution in [0.4, 0.5) is 0 Å². The second-order valence-electron chi connectivity index (χ2n) is 5.06. The Hall–Kier alpha value is -1.15. The second-order valence-corrected chi connectivity index (χ2v) is 6.74. The Labute approximate surface area is 119 Å². The molecule has 1 aliphatic rings.